The minimum atomic E-state index is -0.386. The fraction of sp³-hybridized carbons (Fsp3) is 0.556. The van der Waals surface area contributed by atoms with Crippen molar-refractivity contribution in [3.63, 3.8) is 0 Å². The molecule has 34 heavy (non-hydrogen) atoms. The molecule has 2 rings (SSSR count). The molecule has 0 atom stereocenters. The number of rotatable bonds is 15. The highest BCUT2D eigenvalue weighted by molar-refractivity contribution is 6.12. The van der Waals surface area contributed by atoms with E-state index in [1.165, 1.54) is 32.1 Å². The zero-order valence-corrected chi connectivity index (χ0v) is 21.5. The van der Waals surface area contributed by atoms with Gasteiger partial charge in [-0.25, -0.2) is 4.79 Å². The number of benzene rings is 2. The fourth-order valence-corrected chi connectivity index (χ4v) is 4.02. The quantitative estimate of drug-likeness (QED) is 0.124. The minimum absolute atomic E-state index is 0.247. The summed E-state index contributed by atoms with van der Waals surface area (Å²) in [6.45, 7) is 3.96. The van der Waals surface area contributed by atoms with Crippen LogP contribution in [-0.4, -0.2) is 40.1 Å². The maximum absolute atomic E-state index is 11.9. The lowest BCUT2D eigenvalue weighted by molar-refractivity contribution is -0.143. The van der Waals surface area contributed by atoms with Crippen LogP contribution in [0.3, 0.4) is 0 Å². The average Bonchev–Trinajstić information content (AvgIpc) is 2.87. The monoisotopic (exact) mass is 473 g/mol. The Kier molecular flexibility index (Phi) is 11.5. The molecular weight excluding hydrogens is 434 g/mol. The predicted octanol–water partition coefficient (Wildman–Crippen LogP) is 6.67. The minimum Gasteiger partial charge on any atom is -0.496 e. The molecule has 0 aromatic heterocycles. The Labute approximate surface area is 203 Å². The van der Waals surface area contributed by atoms with Crippen molar-refractivity contribution in [3.05, 3.63) is 23.8 Å². The maximum Gasteiger partial charge on any atom is 0.334 e. The number of hydrogen-bond donors (Lipinski definition) is 0. The highest BCUT2D eigenvalue weighted by Gasteiger charge is 2.23. The summed E-state index contributed by atoms with van der Waals surface area (Å²) >= 11 is 0. The van der Waals surface area contributed by atoms with Gasteiger partial charge in [-0.2, -0.15) is 0 Å². The Bertz CT molecular complexity index is 969. The van der Waals surface area contributed by atoms with Crippen molar-refractivity contribution in [2.45, 2.75) is 71.6 Å². The summed E-state index contributed by atoms with van der Waals surface area (Å²) in [5.41, 5.74) is 1.34. The molecule has 7 heteroatoms. The van der Waals surface area contributed by atoms with E-state index in [2.05, 4.69) is 12.1 Å². The standard InChI is InChI=1S/C27H39NO6/c1-7-9-10-11-12-13-14-15-20(28-34-24(29)8-2)19-18-23(32-5)25-21(30-3)16-17-22(31-4)26(25)27(19)33-6/h16-18H,7-15H2,1-6H3. The molecule has 0 aliphatic rings. The highest BCUT2D eigenvalue weighted by Crippen LogP contribution is 2.46. The van der Waals surface area contributed by atoms with Crippen molar-refractivity contribution in [1.82, 2.24) is 0 Å². The van der Waals surface area contributed by atoms with Crippen molar-refractivity contribution >= 4 is 22.5 Å². The molecule has 0 fully saturated rings. The second-order valence-electron chi connectivity index (χ2n) is 8.11. The molecule has 0 aliphatic heterocycles. The average molecular weight is 474 g/mol. The molecular formula is C27H39NO6. The Morgan fingerprint density at radius 2 is 1.35 bits per heavy atom. The molecule has 0 saturated heterocycles. The van der Waals surface area contributed by atoms with Crippen molar-refractivity contribution in [3.8, 4) is 23.0 Å². The molecule has 188 valence electrons. The van der Waals surface area contributed by atoms with E-state index in [1.54, 1.807) is 35.4 Å². The smallest absolute Gasteiger partial charge is 0.334 e. The molecule has 2 aromatic carbocycles. The second kappa shape index (κ2) is 14.3. The third kappa shape index (κ3) is 6.78. The molecule has 0 N–H and O–H groups in total. The second-order valence-corrected chi connectivity index (χ2v) is 8.11. The van der Waals surface area contributed by atoms with Crippen molar-refractivity contribution in [2.75, 3.05) is 28.4 Å². The van der Waals surface area contributed by atoms with Gasteiger partial charge in [-0.05, 0) is 31.0 Å². The van der Waals surface area contributed by atoms with E-state index in [4.69, 9.17) is 23.8 Å². The van der Waals surface area contributed by atoms with E-state index in [9.17, 15) is 4.79 Å². The van der Waals surface area contributed by atoms with Gasteiger partial charge in [0.1, 0.15) is 23.0 Å². The van der Waals surface area contributed by atoms with Crippen LogP contribution < -0.4 is 18.9 Å². The number of carbonyl (C=O) groups excluding carboxylic acids is 1. The lowest BCUT2D eigenvalue weighted by Crippen LogP contribution is -2.09. The number of hydrogen-bond acceptors (Lipinski definition) is 7. The third-order valence-corrected chi connectivity index (χ3v) is 5.86. The van der Waals surface area contributed by atoms with Crippen LogP contribution in [0.5, 0.6) is 23.0 Å². The maximum atomic E-state index is 11.9. The molecule has 0 unspecified atom stereocenters. The van der Waals surface area contributed by atoms with Crippen LogP contribution in [0, 0.1) is 0 Å². The van der Waals surface area contributed by atoms with Crippen LogP contribution in [0.25, 0.3) is 10.8 Å². The Hall–Kier alpha value is -2.96. The zero-order chi connectivity index (χ0) is 24.9. The number of fused-ring (bicyclic) bond motifs is 1. The molecule has 0 spiro atoms. The number of carbonyl (C=O) groups is 1. The largest absolute Gasteiger partial charge is 0.496 e. The lowest BCUT2D eigenvalue weighted by Gasteiger charge is -2.19. The summed E-state index contributed by atoms with van der Waals surface area (Å²) in [4.78, 5) is 17.1. The fourth-order valence-electron chi connectivity index (χ4n) is 4.02. The molecule has 0 aliphatic carbocycles. The van der Waals surface area contributed by atoms with Gasteiger partial charge < -0.3 is 23.8 Å². The normalized spacial score (nSPS) is 11.4. The van der Waals surface area contributed by atoms with Gasteiger partial charge in [-0.3, -0.25) is 0 Å². The topological polar surface area (TPSA) is 75.6 Å². The molecule has 7 nitrogen and oxygen atoms in total. The summed E-state index contributed by atoms with van der Waals surface area (Å²) in [5.74, 6) is 2.04. The summed E-state index contributed by atoms with van der Waals surface area (Å²) in [6, 6.07) is 5.53. The van der Waals surface area contributed by atoms with Gasteiger partial charge in [-0.15, -0.1) is 0 Å². The van der Waals surface area contributed by atoms with Gasteiger partial charge in [0.2, 0.25) is 0 Å². The number of nitrogens with zero attached hydrogens (tertiary/aromatic N) is 1. The molecule has 0 saturated carbocycles. The van der Waals surface area contributed by atoms with Crippen molar-refractivity contribution in [2.24, 2.45) is 5.16 Å². The Balaban J connectivity index is 2.53. The number of oxime groups is 1. The molecule has 0 radical (unpaired) electrons. The van der Waals surface area contributed by atoms with Crippen LogP contribution in [0.4, 0.5) is 0 Å². The van der Waals surface area contributed by atoms with E-state index in [-0.39, 0.29) is 12.4 Å². The van der Waals surface area contributed by atoms with Crippen LogP contribution in [0.2, 0.25) is 0 Å². The number of unbranched alkanes of at least 4 members (excludes halogenated alkanes) is 6. The van der Waals surface area contributed by atoms with Gasteiger partial charge in [-0.1, -0.05) is 57.5 Å². The van der Waals surface area contributed by atoms with Crippen LogP contribution >= 0.6 is 0 Å². The van der Waals surface area contributed by atoms with Crippen molar-refractivity contribution in [1.29, 1.82) is 0 Å². The first-order valence-electron chi connectivity index (χ1n) is 12.1. The van der Waals surface area contributed by atoms with Crippen LogP contribution in [0.1, 0.15) is 77.2 Å². The van der Waals surface area contributed by atoms with Crippen molar-refractivity contribution < 1.29 is 28.6 Å². The van der Waals surface area contributed by atoms with Crippen LogP contribution in [-0.2, 0) is 9.63 Å². The summed E-state index contributed by atoms with van der Waals surface area (Å²) in [7, 11) is 6.43. The number of methoxy groups -OCH3 is 4. The van der Waals surface area contributed by atoms with Gasteiger partial charge in [0.05, 0.1) is 44.9 Å². The van der Waals surface area contributed by atoms with Gasteiger partial charge in [0.15, 0.2) is 0 Å². The first-order chi connectivity index (χ1) is 16.6. The predicted molar refractivity (Wildman–Crippen MR) is 136 cm³/mol. The van der Waals surface area contributed by atoms with E-state index in [1.807, 2.05) is 18.2 Å². The number of ether oxygens (including phenoxy) is 4. The molecule has 0 bridgehead atoms. The first-order valence-corrected chi connectivity index (χ1v) is 12.1. The molecule has 2 aromatic rings. The summed E-state index contributed by atoms with van der Waals surface area (Å²) in [6.07, 6.45) is 9.07. The first kappa shape index (κ1) is 27.3. The summed E-state index contributed by atoms with van der Waals surface area (Å²) < 4.78 is 22.8. The lowest BCUT2D eigenvalue weighted by atomic mass is 9.96. The summed E-state index contributed by atoms with van der Waals surface area (Å²) in [5, 5.41) is 5.72. The highest BCUT2D eigenvalue weighted by atomic mass is 16.7. The molecule has 0 heterocycles. The SMILES string of the molecule is CCCCCCCCCC(=NOC(=O)CC)c1cc(OC)c2c(OC)ccc(OC)c2c1OC. The van der Waals surface area contributed by atoms with E-state index >= 15 is 0 Å². The van der Waals surface area contributed by atoms with Gasteiger partial charge >= 0.3 is 5.97 Å². The third-order valence-electron chi connectivity index (χ3n) is 5.86. The Morgan fingerprint density at radius 1 is 0.765 bits per heavy atom. The molecule has 0 amide bonds. The Morgan fingerprint density at radius 3 is 1.91 bits per heavy atom. The van der Waals surface area contributed by atoms with Gasteiger partial charge in [0, 0.05) is 12.0 Å². The van der Waals surface area contributed by atoms with E-state index in [0.717, 1.165) is 18.2 Å². The van der Waals surface area contributed by atoms with Crippen LogP contribution in [0.15, 0.2) is 23.4 Å². The van der Waals surface area contributed by atoms with Gasteiger partial charge in [0.25, 0.3) is 0 Å². The van der Waals surface area contributed by atoms with E-state index < -0.39 is 0 Å². The van der Waals surface area contributed by atoms with E-state index in [0.29, 0.717) is 46.1 Å². The zero-order valence-electron chi connectivity index (χ0n) is 21.5.